The average molecular weight is 292 g/mol. The minimum atomic E-state index is -0.378. The van der Waals surface area contributed by atoms with Crippen LogP contribution in [-0.2, 0) is 14.4 Å². The molecular weight excluding hydrogens is 272 g/mol. The normalized spacial score (nSPS) is 18.4. The molecule has 1 amide bonds. The van der Waals surface area contributed by atoms with Gasteiger partial charge < -0.3 is 14.9 Å². The summed E-state index contributed by atoms with van der Waals surface area (Å²) in [6, 6.07) is 8.83. The Balaban J connectivity index is 1.75. The Kier molecular flexibility index (Phi) is 5.71. The van der Waals surface area contributed by atoms with E-state index in [0.717, 1.165) is 6.42 Å². The summed E-state index contributed by atoms with van der Waals surface area (Å²) >= 11 is 0. The fraction of sp³-hybridized carbons (Fsp3) is 0.467. The number of rotatable bonds is 6. The third kappa shape index (κ3) is 4.84. The lowest BCUT2D eigenvalue weighted by Crippen LogP contribution is -2.39. The second-order valence-corrected chi connectivity index (χ2v) is 4.82. The van der Waals surface area contributed by atoms with Gasteiger partial charge in [-0.1, -0.05) is 18.2 Å². The average Bonchev–Trinajstić information content (AvgIpc) is 2.93. The van der Waals surface area contributed by atoms with Crippen molar-refractivity contribution in [2.75, 3.05) is 26.3 Å². The maximum atomic E-state index is 11.9. The van der Waals surface area contributed by atoms with E-state index in [0.29, 0.717) is 25.3 Å². The number of ether oxygens (including phenoxy) is 1. The molecule has 1 aromatic rings. The van der Waals surface area contributed by atoms with Gasteiger partial charge in [-0.3, -0.25) is 4.79 Å². The molecule has 0 unspecified atom stereocenters. The van der Waals surface area contributed by atoms with Crippen LogP contribution < -0.4 is 5.32 Å². The number of hydroxylamine groups is 2. The van der Waals surface area contributed by atoms with Crippen LogP contribution >= 0.6 is 0 Å². The summed E-state index contributed by atoms with van der Waals surface area (Å²) < 4.78 is 5.04. The van der Waals surface area contributed by atoms with Crippen molar-refractivity contribution in [2.45, 2.75) is 19.4 Å². The van der Waals surface area contributed by atoms with Crippen LogP contribution in [0.2, 0.25) is 0 Å². The summed E-state index contributed by atoms with van der Waals surface area (Å²) in [6.45, 7) is 3.53. The monoisotopic (exact) mass is 292 g/mol. The molecule has 2 rings (SSSR count). The third-order valence-electron chi connectivity index (χ3n) is 3.17. The predicted octanol–water partition coefficient (Wildman–Crippen LogP) is 0.985. The Morgan fingerprint density at radius 3 is 2.81 bits per heavy atom. The number of nitrogens with zero attached hydrogens (tertiary/aromatic N) is 1. The lowest BCUT2D eigenvalue weighted by Gasteiger charge is -2.16. The molecule has 6 heteroatoms. The number of nitrogens with one attached hydrogen (secondary N) is 1. The predicted molar refractivity (Wildman–Crippen MR) is 76.5 cm³/mol. The fourth-order valence-electron chi connectivity index (χ4n) is 2.14. The molecule has 0 aliphatic carbocycles. The second kappa shape index (κ2) is 7.75. The molecule has 0 aromatic heterocycles. The van der Waals surface area contributed by atoms with Gasteiger partial charge in [0.15, 0.2) is 0 Å². The van der Waals surface area contributed by atoms with E-state index >= 15 is 0 Å². The van der Waals surface area contributed by atoms with Crippen molar-refractivity contribution in [1.29, 1.82) is 0 Å². The van der Waals surface area contributed by atoms with Crippen LogP contribution in [0.3, 0.4) is 0 Å². The van der Waals surface area contributed by atoms with Crippen molar-refractivity contribution >= 4 is 11.9 Å². The van der Waals surface area contributed by atoms with Crippen molar-refractivity contribution in [3.05, 3.63) is 35.9 Å². The largest absolute Gasteiger partial charge is 0.372 e. The maximum Gasteiger partial charge on any atom is 0.357 e. The SMILES string of the molecule is CCOCC(=O)N[C@H]1CCN(OC(=O)c2ccccc2)C1. The summed E-state index contributed by atoms with van der Waals surface area (Å²) in [4.78, 5) is 28.7. The molecule has 1 aliphatic heterocycles. The Hall–Kier alpha value is -1.92. The molecule has 0 bridgehead atoms. The standard InChI is InChI=1S/C15H20N2O4/c1-2-20-11-14(18)16-13-8-9-17(10-13)21-15(19)12-6-4-3-5-7-12/h3-7,13H,2,8-11H2,1H3,(H,16,18)/t13-/m0/s1. The molecule has 1 heterocycles. The van der Waals surface area contributed by atoms with Gasteiger partial charge in [0.05, 0.1) is 12.1 Å². The number of hydrogen-bond acceptors (Lipinski definition) is 5. The quantitative estimate of drug-likeness (QED) is 0.846. The molecule has 1 saturated heterocycles. The number of amides is 1. The first-order valence-corrected chi connectivity index (χ1v) is 7.08. The summed E-state index contributed by atoms with van der Waals surface area (Å²) in [5.41, 5.74) is 0.515. The van der Waals surface area contributed by atoms with Crippen molar-refractivity contribution < 1.29 is 19.2 Å². The topological polar surface area (TPSA) is 67.9 Å². The molecule has 1 aromatic carbocycles. The van der Waals surface area contributed by atoms with Gasteiger partial charge >= 0.3 is 5.97 Å². The highest BCUT2D eigenvalue weighted by molar-refractivity contribution is 5.89. The van der Waals surface area contributed by atoms with Crippen LogP contribution in [0.5, 0.6) is 0 Å². The zero-order valence-electron chi connectivity index (χ0n) is 12.1. The molecule has 1 N–H and O–H groups in total. The van der Waals surface area contributed by atoms with Gasteiger partial charge in [-0.15, -0.1) is 5.06 Å². The number of benzene rings is 1. The first-order chi connectivity index (χ1) is 10.2. The van der Waals surface area contributed by atoms with Crippen molar-refractivity contribution in [3.8, 4) is 0 Å². The van der Waals surface area contributed by atoms with Crippen LogP contribution in [0, 0.1) is 0 Å². The summed E-state index contributed by atoms with van der Waals surface area (Å²) in [5.74, 6) is -0.519. The van der Waals surface area contributed by atoms with Gasteiger partial charge in [-0.05, 0) is 25.5 Å². The molecule has 0 spiro atoms. The van der Waals surface area contributed by atoms with Gasteiger partial charge in [0, 0.05) is 19.2 Å². The minimum Gasteiger partial charge on any atom is -0.372 e. The van der Waals surface area contributed by atoms with E-state index in [9.17, 15) is 9.59 Å². The Labute approximate surface area is 124 Å². The van der Waals surface area contributed by atoms with Gasteiger partial charge in [-0.2, -0.15) is 0 Å². The smallest absolute Gasteiger partial charge is 0.357 e. The molecular formula is C15H20N2O4. The Morgan fingerprint density at radius 2 is 2.10 bits per heavy atom. The van der Waals surface area contributed by atoms with Gasteiger partial charge in [0.25, 0.3) is 0 Å². The van der Waals surface area contributed by atoms with E-state index in [4.69, 9.17) is 9.57 Å². The second-order valence-electron chi connectivity index (χ2n) is 4.82. The number of carbonyl (C=O) groups is 2. The van der Waals surface area contributed by atoms with E-state index < -0.39 is 0 Å². The first kappa shape index (κ1) is 15.5. The van der Waals surface area contributed by atoms with Crippen molar-refractivity contribution in [3.63, 3.8) is 0 Å². The zero-order chi connectivity index (χ0) is 15.1. The first-order valence-electron chi connectivity index (χ1n) is 7.08. The molecule has 1 fully saturated rings. The van der Waals surface area contributed by atoms with Crippen LogP contribution in [0.25, 0.3) is 0 Å². The molecule has 0 saturated carbocycles. The summed E-state index contributed by atoms with van der Waals surface area (Å²) in [7, 11) is 0. The van der Waals surface area contributed by atoms with E-state index in [1.54, 1.807) is 29.3 Å². The van der Waals surface area contributed by atoms with Crippen LogP contribution in [0.1, 0.15) is 23.7 Å². The summed E-state index contributed by atoms with van der Waals surface area (Å²) in [6.07, 6.45) is 0.750. The Bertz CT molecular complexity index is 478. The van der Waals surface area contributed by atoms with Gasteiger partial charge in [0.1, 0.15) is 6.61 Å². The van der Waals surface area contributed by atoms with Crippen LogP contribution in [0.15, 0.2) is 30.3 Å². The fourth-order valence-corrected chi connectivity index (χ4v) is 2.14. The van der Waals surface area contributed by atoms with Crippen molar-refractivity contribution in [1.82, 2.24) is 10.4 Å². The third-order valence-corrected chi connectivity index (χ3v) is 3.17. The van der Waals surface area contributed by atoms with Gasteiger partial charge in [0.2, 0.25) is 5.91 Å². The lowest BCUT2D eigenvalue weighted by molar-refractivity contribution is -0.126. The molecule has 21 heavy (non-hydrogen) atoms. The molecule has 1 aliphatic rings. The number of carbonyl (C=O) groups excluding carboxylic acids is 2. The summed E-state index contributed by atoms with van der Waals surface area (Å²) in [5, 5.41) is 4.44. The zero-order valence-corrected chi connectivity index (χ0v) is 12.1. The van der Waals surface area contributed by atoms with E-state index in [-0.39, 0.29) is 24.5 Å². The number of hydrogen-bond donors (Lipinski definition) is 1. The molecule has 1 atom stereocenters. The Morgan fingerprint density at radius 1 is 1.33 bits per heavy atom. The van der Waals surface area contributed by atoms with Gasteiger partial charge in [-0.25, -0.2) is 4.79 Å². The highest BCUT2D eigenvalue weighted by Gasteiger charge is 2.26. The van der Waals surface area contributed by atoms with Crippen LogP contribution in [0.4, 0.5) is 0 Å². The van der Waals surface area contributed by atoms with E-state index in [1.807, 2.05) is 13.0 Å². The minimum absolute atomic E-state index is 0.0125. The van der Waals surface area contributed by atoms with Crippen molar-refractivity contribution in [2.24, 2.45) is 0 Å². The van der Waals surface area contributed by atoms with E-state index in [2.05, 4.69) is 5.32 Å². The van der Waals surface area contributed by atoms with Crippen LogP contribution in [-0.4, -0.2) is 49.3 Å². The molecule has 6 nitrogen and oxygen atoms in total. The highest BCUT2D eigenvalue weighted by atomic mass is 16.7. The van der Waals surface area contributed by atoms with E-state index in [1.165, 1.54) is 0 Å². The molecule has 114 valence electrons. The molecule has 0 radical (unpaired) electrons. The highest BCUT2D eigenvalue weighted by Crippen LogP contribution is 2.12. The lowest BCUT2D eigenvalue weighted by atomic mass is 10.2. The maximum absolute atomic E-state index is 11.9.